The summed E-state index contributed by atoms with van der Waals surface area (Å²) in [7, 11) is 0. The number of amides is 2. The van der Waals surface area contributed by atoms with Gasteiger partial charge in [-0.2, -0.15) is 0 Å². The van der Waals surface area contributed by atoms with Gasteiger partial charge >= 0.3 is 0 Å². The maximum absolute atomic E-state index is 12.2. The van der Waals surface area contributed by atoms with Crippen molar-refractivity contribution in [3.63, 3.8) is 0 Å². The number of ether oxygens (including phenoxy) is 1. The van der Waals surface area contributed by atoms with Crippen LogP contribution in [0.4, 0.5) is 11.4 Å². The lowest BCUT2D eigenvalue weighted by atomic mass is 10.0. The first kappa shape index (κ1) is 20.7. The van der Waals surface area contributed by atoms with Crippen molar-refractivity contribution in [2.24, 2.45) is 0 Å². The van der Waals surface area contributed by atoms with Gasteiger partial charge in [-0.1, -0.05) is 31.2 Å². The van der Waals surface area contributed by atoms with E-state index in [9.17, 15) is 14.4 Å². The number of benzene rings is 2. The maximum Gasteiger partial charge on any atom is 0.253 e. The van der Waals surface area contributed by atoms with E-state index in [1.807, 2.05) is 24.3 Å². The molecule has 152 valence electrons. The number of carbonyl (C=O) groups excluding carboxylic acids is 3. The zero-order chi connectivity index (χ0) is 20.6. The second-order valence-electron chi connectivity index (χ2n) is 7.09. The van der Waals surface area contributed by atoms with Gasteiger partial charge in [-0.05, 0) is 49.1 Å². The van der Waals surface area contributed by atoms with Crippen molar-refractivity contribution in [2.45, 2.75) is 45.1 Å². The first-order chi connectivity index (χ1) is 14.0. The van der Waals surface area contributed by atoms with Crippen molar-refractivity contribution < 1.29 is 19.1 Å². The molecule has 1 heterocycles. The fourth-order valence-electron chi connectivity index (χ4n) is 3.17. The van der Waals surface area contributed by atoms with Crippen LogP contribution in [0.3, 0.4) is 0 Å². The van der Waals surface area contributed by atoms with Gasteiger partial charge in [-0.25, -0.2) is 0 Å². The molecule has 1 aliphatic rings. The third kappa shape index (κ3) is 5.99. The lowest BCUT2D eigenvalue weighted by Gasteiger charge is -2.11. The Hall–Kier alpha value is -2.99. The van der Waals surface area contributed by atoms with Gasteiger partial charge in [0.1, 0.15) is 6.10 Å². The minimum atomic E-state index is -0.384. The molecule has 0 radical (unpaired) electrons. The van der Waals surface area contributed by atoms with Crippen molar-refractivity contribution in [2.75, 3.05) is 17.2 Å². The van der Waals surface area contributed by atoms with E-state index in [4.69, 9.17) is 4.74 Å². The van der Waals surface area contributed by atoms with Gasteiger partial charge < -0.3 is 15.4 Å². The number of anilines is 2. The SMILES string of the molecule is CCc1ccc(C(=O)CCC(=O)Nc2ccc(NC(=O)C3CCCO3)cc2)cc1. The van der Waals surface area contributed by atoms with E-state index in [1.165, 1.54) is 5.56 Å². The molecule has 0 aromatic heterocycles. The van der Waals surface area contributed by atoms with Crippen LogP contribution in [0.5, 0.6) is 0 Å². The molecule has 1 atom stereocenters. The highest BCUT2D eigenvalue weighted by atomic mass is 16.5. The lowest BCUT2D eigenvalue weighted by Crippen LogP contribution is -2.26. The number of ketones is 1. The molecule has 0 saturated carbocycles. The largest absolute Gasteiger partial charge is 0.368 e. The van der Waals surface area contributed by atoms with E-state index in [1.54, 1.807) is 24.3 Å². The highest BCUT2D eigenvalue weighted by Crippen LogP contribution is 2.18. The molecule has 6 nitrogen and oxygen atoms in total. The van der Waals surface area contributed by atoms with Crippen molar-refractivity contribution in [3.05, 3.63) is 59.7 Å². The smallest absolute Gasteiger partial charge is 0.253 e. The molecule has 0 bridgehead atoms. The zero-order valence-electron chi connectivity index (χ0n) is 16.6. The summed E-state index contributed by atoms with van der Waals surface area (Å²) in [5, 5.41) is 5.58. The fraction of sp³-hybridized carbons (Fsp3) is 0.348. The van der Waals surface area contributed by atoms with E-state index < -0.39 is 0 Å². The van der Waals surface area contributed by atoms with Crippen LogP contribution in [0.1, 0.15) is 48.5 Å². The Morgan fingerprint density at radius 1 is 0.931 bits per heavy atom. The Labute approximate surface area is 170 Å². The van der Waals surface area contributed by atoms with E-state index >= 15 is 0 Å². The highest BCUT2D eigenvalue weighted by Gasteiger charge is 2.23. The third-order valence-corrected chi connectivity index (χ3v) is 4.92. The van der Waals surface area contributed by atoms with Crippen LogP contribution in [-0.2, 0) is 20.7 Å². The number of carbonyl (C=O) groups is 3. The molecule has 2 N–H and O–H groups in total. The van der Waals surface area contributed by atoms with Gasteiger partial charge in [0.25, 0.3) is 5.91 Å². The monoisotopic (exact) mass is 394 g/mol. The molecular formula is C23H26N2O4. The number of rotatable bonds is 8. The second kappa shape index (κ2) is 9.98. The molecule has 6 heteroatoms. The minimum absolute atomic E-state index is 0.0463. The number of nitrogens with one attached hydrogen (secondary N) is 2. The summed E-state index contributed by atoms with van der Waals surface area (Å²) in [6.07, 6.45) is 2.45. The Morgan fingerprint density at radius 2 is 1.59 bits per heavy atom. The number of hydrogen-bond donors (Lipinski definition) is 2. The zero-order valence-corrected chi connectivity index (χ0v) is 16.6. The standard InChI is InChI=1S/C23H26N2O4/c1-2-16-5-7-17(8-6-16)20(26)13-14-22(27)24-18-9-11-19(12-10-18)25-23(28)21-4-3-15-29-21/h5-12,21H,2-4,13-15H2,1H3,(H,24,27)(H,25,28). The van der Waals surface area contributed by atoms with Gasteiger partial charge in [-0.15, -0.1) is 0 Å². The Balaban J connectivity index is 1.44. The van der Waals surface area contributed by atoms with Crippen molar-refractivity contribution >= 4 is 29.0 Å². The van der Waals surface area contributed by atoms with Gasteiger partial charge in [0, 0.05) is 36.4 Å². The molecule has 2 aromatic rings. The minimum Gasteiger partial charge on any atom is -0.368 e. The van der Waals surface area contributed by atoms with Crippen LogP contribution < -0.4 is 10.6 Å². The van der Waals surface area contributed by atoms with Crippen LogP contribution >= 0.6 is 0 Å². The van der Waals surface area contributed by atoms with E-state index in [0.29, 0.717) is 23.5 Å². The molecule has 3 rings (SSSR count). The quantitative estimate of drug-likeness (QED) is 0.664. The molecule has 2 amide bonds. The average molecular weight is 394 g/mol. The van der Waals surface area contributed by atoms with Crippen LogP contribution in [0, 0.1) is 0 Å². The first-order valence-corrected chi connectivity index (χ1v) is 9.99. The molecule has 1 saturated heterocycles. The van der Waals surface area contributed by atoms with Crippen LogP contribution in [0.25, 0.3) is 0 Å². The van der Waals surface area contributed by atoms with Gasteiger partial charge in [0.15, 0.2) is 5.78 Å². The summed E-state index contributed by atoms with van der Waals surface area (Å²) in [5.41, 5.74) is 3.06. The summed E-state index contributed by atoms with van der Waals surface area (Å²) in [6, 6.07) is 14.4. The number of hydrogen-bond acceptors (Lipinski definition) is 4. The highest BCUT2D eigenvalue weighted by molar-refractivity contribution is 6.00. The lowest BCUT2D eigenvalue weighted by molar-refractivity contribution is -0.124. The van der Waals surface area contributed by atoms with E-state index in [0.717, 1.165) is 19.3 Å². The van der Waals surface area contributed by atoms with Crippen molar-refractivity contribution in [1.82, 2.24) is 0 Å². The summed E-state index contributed by atoms with van der Waals surface area (Å²) in [4.78, 5) is 36.4. The predicted molar refractivity (Wildman–Crippen MR) is 112 cm³/mol. The Kier molecular flexibility index (Phi) is 7.14. The van der Waals surface area contributed by atoms with E-state index in [2.05, 4.69) is 17.6 Å². The summed E-state index contributed by atoms with van der Waals surface area (Å²) < 4.78 is 5.36. The van der Waals surface area contributed by atoms with Crippen molar-refractivity contribution in [3.8, 4) is 0 Å². The average Bonchev–Trinajstić information content (AvgIpc) is 3.28. The second-order valence-corrected chi connectivity index (χ2v) is 7.09. The molecule has 2 aromatic carbocycles. The number of aryl methyl sites for hydroxylation is 1. The third-order valence-electron chi connectivity index (χ3n) is 4.92. The molecule has 0 aliphatic carbocycles. The summed E-state index contributed by atoms with van der Waals surface area (Å²) in [5.74, 6) is -0.417. The predicted octanol–water partition coefficient (Wildman–Crippen LogP) is 3.97. The molecule has 0 spiro atoms. The van der Waals surface area contributed by atoms with E-state index in [-0.39, 0.29) is 36.5 Å². The normalized spacial score (nSPS) is 15.7. The number of Topliss-reactive ketones (excluding diaryl/α,β-unsaturated/α-hetero) is 1. The topological polar surface area (TPSA) is 84.5 Å². The van der Waals surface area contributed by atoms with Gasteiger partial charge in [0.2, 0.25) is 5.91 Å². The van der Waals surface area contributed by atoms with Gasteiger partial charge in [0.05, 0.1) is 0 Å². The Morgan fingerprint density at radius 3 is 2.17 bits per heavy atom. The molecule has 1 aliphatic heterocycles. The fourth-order valence-corrected chi connectivity index (χ4v) is 3.17. The molecule has 29 heavy (non-hydrogen) atoms. The molecule has 1 fully saturated rings. The first-order valence-electron chi connectivity index (χ1n) is 9.99. The van der Waals surface area contributed by atoms with Crippen LogP contribution in [0.2, 0.25) is 0 Å². The summed E-state index contributed by atoms with van der Waals surface area (Å²) in [6.45, 7) is 2.68. The summed E-state index contributed by atoms with van der Waals surface area (Å²) >= 11 is 0. The Bertz CT molecular complexity index is 853. The van der Waals surface area contributed by atoms with Crippen molar-refractivity contribution in [1.29, 1.82) is 0 Å². The molecular weight excluding hydrogens is 368 g/mol. The van der Waals surface area contributed by atoms with Gasteiger partial charge in [-0.3, -0.25) is 14.4 Å². The van der Waals surface area contributed by atoms with Crippen LogP contribution in [-0.4, -0.2) is 30.3 Å². The molecule has 1 unspecified atom stereocenters. The van der Waals surface area contributed by atoms with Crippen LogP contribution in [0.15, 0.2) is 48.5 Å². The maximum atomic E-state index is 12.2.